The molecule has 0 aliphatic carbocycles. The van der Waals surface area contributed by atoms with Crippen LogP contribution in [0.15, 0.2) is 22.8 Å². The summed E-state index contributed by atoms with van der Waals surface area (Å²) in [5.41, 5.74) is 0.357. The summed E-state index contributed by atoms with van der Waals surface area (Å²) in [6.45, 7) is 12.2. The Hall–Kier alpha value is -0.840. The molecule has 1 aliphatic heterocycles. The summed E-state index contributed by atoms with van der Waals surface area (Å²) in [6, 6.07) is 4.08. The Bertz CT molecular complexity index is 442. The van der Waals surface area contributed by atoms with Gasteiger partial charge in [-0.1, -0.05) is 0 Å². The summed E-state index contributed by atoms with van der Waals surface area (Å²) in [5.74, 6) is 1.09. The van der Waals surface area contributed by atoms with Gasteiger partial charge in [0.25, 0.3) is 0 Å². The average molecular weight is 310 g/mol. The molecule has 4 nitrogen and oxygen atoms in total. The van der Waals surface area contributed by atoms with Crippen LogP contribution in [-0.4, -0.2) is 45.9 Å². The van der Waals surface area contributed by atoms with Crippen molar-refractivity contribution in [3.63, 3.8) is 0 Å². The van der Waals surface area contributed by atoms with Gasteiger partial charge < -0.3 is 19.0 Å². The van der Waals surface area contributed by atoms with Crippen LogP contribution in [-0.2, 0) is 11.3 Å². The lowest BCUT2D eigenvalue weighted by Crippen LogP contribution is -3.14. The van der Waals surface area contributed by atoms with E-state index in [-0.39, 0.29) is 5.60 Å². The van der Waals surface area contributed by atoms with Gasteiger partial charge in [-0.3, -0.25) is 0 Å². The monoisotopic (exact) mass is 310 g/mol. The number of quaternary nitrogens is 2. The molecule has 2 heterocycles. The molecule has 0 spiro atoms. The molecule has 1 saturated heterocycles. The second-order valence-electron chi connectivity index (χ2n) is 7.96. The van der Waals surface area contributed by atoms with E-state index in [9.17, 15) is 0 Å². The third-order valence-corrected chi connectivity index (χ3v) is 4.78. The Morgan fingerprint density at radius 2 is 2.00 bits per heavy atom. The van der Waals surface area contributed by atoms with Crippen LogP contribution in [0.4, 0.5) is 0 Å². The molecule has 0 radical (unpaired) electrons. The van der Waals surface area contributed by atoms with Crippen LogP contribution in [0.2, 0.25) is 0 Å². The van der Waals surface area contributed by atoms with Gasteiger partial charge in [-0.2, -0.15) is 0 Å². The average Bonchev–Trinajstić information content (AvgIpc) is 2.88. The maximum atomic E-state index is 5.99. The molecule has 1 fully saturated rings. The minimum Gasteiger partial charge on any atom is -0.463 e. The molecule has 2 N–H and O–H groups in total. The second kappa shape index (κ2) is 7.16. The Balaban J connectivity index is 2.10. The largest absolute Gasteiger partial charge is 0.463 e. The first kappa shape index (κ1) is 17.5. The van der Waals surface area contributed by atoms with Crippen molar-refractivity contribution in [1.29, 1.82) is 0 Å². The summed E-state index contributed by atoms with van der Waals surface area (Å²) in [6.07, 6.45) is 4.09. The van der Waals surface area contributed by atoms with Crippen LogP contribution in [0.25, 0.3) is 0 Å². The predicted octanol–water partition coefficient (Wildman–Crippen LogP) is 0.404. The first-order valence-electron chi connectivity index (χ1n) is 8.63. The molecule has 0 amide bonds. The normalized spacial score (nSPS) is 26.3. The van der Waals surface area contributed by atoms with Gasteiger partial charge >= 0.3 is 0 Å². The molecule has 0 aromatic carbocycles. The summed E-state index contributed by atoms with van der Waals surface area (Å²) in [5, 5.41) is 0. The number of nitrogens with one attached hydrogen (secondary N) is 2. The van der Waals surface area contributed by atoms with Crippen LogP contribution >= 0.6 is 0 Å². The fourth-order valence-electron chi connectivity index (χ4n) is 4.20. The third kappa shape index (κ3) is 4.83. The number of hydrogen-bond acceptors (Lipinski definition) is 2. The van der Waals surface area contributed by atoms with Gasteiger partial charge in [0, 0.05) is 6.61 Å². The minimum absolute atomic E-state index is 0.00274. The zero-order valence-electron chi connectivity index (χ0n) is 15.0. The lowest BCUT2D eigenvalue weighted by atomic mass is 9.73. The molecular weight excluding hydrogens is 276 g/mol. The van der Waals surface area contributed by atoms with E-state index in [2.05, 4.69) is 40.9 Å². The highest BCUT2D eigenvalue weighted by atomic mass is 16.5. The van der Waals surface area contributed by atoms with Gasteiger partial charge in [0.2, 0.25) is 0 Å². The Morgan fingerprint density at radius 3 is 2.55 bits per heavy atom. The maximum absolute atomic E-state index is 5.99. The van der Waals surface area contributed by atoms with E-state index in [4.69, 9.17) is 9.15 Å². The highest BCUT2D eigenvalue weighted by Gasteiger charge is 2.45. The first-order chi connectivity index (χ1) is 10.3. The van der Waals surface area contributed by atoms with E-state index in [1.165, 1.54) is 24.4 Å². The summed E-state index contributed by atoms with van der Waals surface area (Å²) in [7, 11) is 4.53. The summed E-state index contributed by atoms with van der Waals surface area (Å²) >= 11 is 0. The van der Waals surface area contributed by atoms with Crippen molar-refractivity contribution < 1.29 is 19.0 Å². The fourth-order valence-corrected chi connectivity index (χ4v) is 4.20. The van der Waals surface area contributed by atoms with Crippen LogP contribution in [0, 0.1) is 5.41 Å². The van der Waals surface area contributed by atoms with E-state index < -0.39 is 0 Å². The van der Waals surface area contributed by atoms with Gasteiger partial charge in [-0.25, -0.2) is 0 Å². The SMILES string of the molecule is CC[NH+](Cc1ccco1)C[C@]1(C[NH+](C)C)CCOC(C)(C)C1. The molecular formula is C18H34N2O2+2. The zero-order valence-corrected chi connectivity index (χ0v) is 15.0. The molecule has 2 atom stereocenters. The maximum Gasteiger partial charge on any atom is 0.157 e. The van der Waals surface area contributed by atoms with Crippen LogP contribution in [0.5, 0.6) is 0 Å². The molecule has 126 valence electrons. The van der Waals surface area contributed by atoms with Gasteiger partial charge in [0.15, 0.2) is 5.76 Å². The van der Waals surface area contributed by atoms with E-state index in [0.29, 0.717) is 5.41 Å². The van der Waals surface area contributed by atoms with Crippen LogP contribution < -0.4 is 9.80 Å². The van der Waals surface area contributed by atoms with E-state index in [1.54, 1.807) is 11.2 Å². The second-order valence-corrected chi connectivity index (χ2v) is 7.96. The Kier molecular flexibility index (Phi) is 5.70. The number of furan rings is 1. The third-order valence-electron chi connectivity index (χ3n) is 4.78. The number of rotatable bonds is 7. The Morgan fingerprint density at radius 1 is 1.23 bits per heavy atom. The number of ether oxygens (including phenoxy) is 1. The van der Waals surface area contributed by atoms with Crippen molar-refractivity contribution in [2.45, 2.75) is 45.8 Å². The fraction of sp³-hybridized carbons (Fsp3) is 0.778. The highest BCUT2D eigenvalue weighted by Crippen LogP contribution is 2.37. The zero-order chi connectivity index (χ0) is 16.2. The van der Waals surface area contributed by atoms with Crippen molar-refractivity contribution in [3.05, 3.63) is 24.2 Å². The summed E-state index contributed by atoms with van der Waals surface area (Å²) < 4.78 is 11.5. The molecule has 0 saturated carbocycles. The van der Waals surface area contributed by atoms with Gasteiger partial charge in [0.1, 0.15) is 6.54 Å². The van der Waals surface area contributed by atoms with Gasteiger partial charge in [-0.15, -0.1) is 0 Å². The molecule has 1 aromatic heterocycles. The van der Waals surface area contributed by atoms with Crippen molar-refractivity contribution >= 4 is 0 Å². The molecule has 1 aliphatic rings. The smallest absolute Gasteiger partial charge is 0.157 e. The minimum atomic E-state index is -0.00274. The Labute approximate surface area is 135 Å². The van der Waals surface area contributed by atoms with Gasteiger partial charge in [0.05, 0.1) is 51.0 Å². The predicted molar refractivity (Wildman–Crippen MR) is 88.2 cm³/mol. The molecule has 0 bridgehead atoms. The topological polar surface area (TPSA) is 31.3 Å². The van der Waals surface area contributed by atoms with Crippen molar-refractivity contribution in [2.75, 3.05) is 40.3 Å². The lowest BCUT2D eigenvalue weighted by molar-refractivity contribution is -0.930. The standard InChI is InChI=1S/C18H32N2O2/c1-6-20(12-16-8-7-10-21-16)15-18(14-19(4)5)9-11-22-17(2,3)13-18/h7-8,10H,6,9,11-15H2,1-5H3/p+2/t18-/m1/s1. The molecule has 1 aromatic rings. The highest BCUT2D eigenvalue weighted by molar-refractivity contribution is 4.96. The summed E-state index contributed by atoms with van der Waals surface area (Å²) in [4.78, 5) is 3.14. The lowest BCUT2D eigenvalue weighted by Gasteiger charge is -2.45. The van der Waals surface area contributed by atoms with Crippen molar-refractivity contribution in [3.8, 4) is 0 Å². The van der Waals surface area contributed by atoms with Gasteiger partial charge in [-0.05, 0) is 45.7 Å². The molecule has 1 unspecified atom stereocenters. The van der Waals surface area contributed by atoms with Crippen molar-refractivity contribution in [1.82, 2.24) is 0 Å². The molecule has 4 heteroatoms. The van der Waals surface area contributed by atoms with E-state index in [0.717, 1.165) is 31.9 Å². The van der Waals surface area contributed by atoms with E-state index in [1.807, 2.05) is 6.07 Å². The molecule has 2 rings (SSSR count). The molecule has 22 heavy (non-hydrogen) atoms. The first-order valence-corrected chi connectivity index (χ1v) is 8.63. The number of hydrogen-bond donors (Lipinski definition) is 2. The van der Waals surface area contributed by atoms with Crippen molar-refractivity contribution in [2.24, 2.45) is 5.41 Å². The van der Waals surface area contributed by atoms with E-state index >= 15 is 0 Å². The van der Waals surface area contributed by atoms with Crippen LogP contribution in [0.1, 0.15) is 39.4 Å². The quantitative estimate of drug-likeness (QED) is 0.764. The van der Waals surface area contributed by atoms with Crippen LogP contribution in [0.3, 0.4) is 0 Å².